The fraction of sp³-hybridized carbons (Fsp3) is 0.533. The largest absolute Gasteiger partial charge is 0.336 e. The van der Waals surface area contributed by atoms with Gasteiger partial charge in [0.25, 0.3) is 5.91 Å². The van der Waals surface area contributed by atoms with Gasteiger partial charge >= 0.3 is 0 Å². The van der Waals surface area contributed by atoms with E-state index in [2.05, 4.69) is 10.2 Å². The van der Waals surface area contributed by atoms with E-state index in [4.69, 9.17) is 0 Å². The predicted octanol–water partition coefficient (Wildman–Crippen LogP) is 1.51. The van der Waals surface area contributed by atoms with E-state index in [0.29, 0.717) is 19.1 Å². The number of halogens is 3. The normalized spacial score (nSPS) is 22.5. The minimum atomic E-state index is -0.789. The maximum atomic E-state index is 13.7. The number of amides is 1. The Kier molecular flexibility index (Phi) is 5.72. The first-order chi connectivity index (χ1) is 10.1. The number of rotatable bonds is 2. The van der Waals surface area contributed by atoms with E-state index >= 15 is 0 Å². The van der Waals surface area contributed by atoms with Crippen molar-refractivity contribution in [1.29, 1.82) is 0 Å². The molecule has 0 aromatic heterocycles. The van der Waals surface area contributed by atoms with Crippen LogP contribution in [0.3, 0.4) is 0 Å². The predicted molar refractivity (Wildman–Crippen MR) is 82.4 cm³/mol. The molecule has 1 amide bonds. The van der Waals surface area contributed by atoms with Gasteiger partial charge in [0.05, 0.1) is 5.56 Å². The SMILES string of the molecule is Cl.O=C(c1ccc(F)cc1F)N1CCN(C2CCNC2)CC1. The van der Waals surface area contributed by atoms with Gasteiger partial charge < -0.3 is 10.2 Å². The fourth-order valence-corrected chi connectivity index (χ4v) is 3.07. The molecular weight excluding hydrogens is 312 g/mol. The van der Waals surface area contributed by atoms with Gasteiger partial charge in [-0.15, -0.1) is 12.4 Å². The summed E-state index contributed by atoms with van der Waals surface area (Å²) in [5, 5.41) is 3.33. The summed E-state index contributed by atoms with van der Waals surface area (Å²) < 4.78 is 26.6. The van der Waals surface area contributed by atoms with Crippen molar-refractivity contribution in [3.8, 4) is 0 Å². The number of benzene rings is 1. The van der Waals surface area contributed by atoms with Crippen LogP contribution in [-0.4, -0.2) is 61.0 Å². The van der Waals surface area contributed by atoms with Crippen LogP contribution in [0.4, 0.5) is 8.78 Å². The highest BCUT2D eigenvalue weighted by Gasteiger charge is 2.28. The van der Waals surface area contributed by atoms with Crippen LogP contribution in [0.5, 0.6) is 0 Å². The van der Waals surface area contributed by atoms with Crippen LogP contribution < -0.4 is 5.32 Å². The van der Waals surface area contributed by atoms with E-state index in [1.54, 1.807) is 4.90 Å². The fourth-order valence-electron chi connectivity index (χ4n) is 3.07. The summed E-state index contributed by atoms with van der Waals surface area (Å²) in [6.45, 7) is 4.84. The van der Waals surface area contributed by atoms with E-state index in [1.165, 1.54) is 6.07 Å². The van der Waals surface area contributed by atoms with Crippen LogP contribution in [0.15, 0.2) is 18.2 Å². The second kappa shape index (κ2) is 7.35. The van der Waals surface area contributed by atoms with E-state index in [1.807, 2.05) is 0 Å². The molecule has 2 heterocycles. The molecule has 122 valence electrons. The molecule has 2 aliphatic rings. The standard InChI is InChI=1S/C15H19F2N3O.ClH/c16-11-1-2-13(14(17)9-11)15(21)20-7-5-19(6-8-20)12-3-4-18-10-12;/h1-2,9,12,18H,3-8,10H2;1H. The smallest absolute Gasteiger partial charge is 0.256 e. The van der Waals surface area contributed by atoms with Crippen LogP contribution in [0.25, 0.3) is 0 Å². The third-order valence-electron chi connectivity index (χ3n) is 4.31. The summed E-state index contributed by atoms with van der Waals surface area (Å²) in [6.07, 6.45) is 1.14. The quantitative estimate of drug-likeness (QED) is 0.892. The molecule has 0 spiro atoms. The summed E-state index contributed by atoms with van der Waals surface area (Å²) >= 11 is 0. The topological polar surface area (TPSA) is 35.6 Å². The van der Waals surface area contributed by atoms with Gasteiger partial charge in [0.15, 0.2) is 0 Å². The van der Waals surface area contributed by atoms with Crippen molar-refractivity contribution in [1.82, 2.24) is 15.1 Å². The second-order valence-corrected chi connectivity index (χ2v) is 5.60. The molecule has 3 rings (SSSR count). The molecule has 2 fully saturated rings. The van der Waals surface area contributed by atoms with Crippen LogP contribution in [-0.2, 0) is 0 Å². The Balaban J connectivity index is 0.00000176. The Labute approximate surface area is 134 Å². The Morgan fingerprint density at radius 3 is 2.50 bits per heavy atom. The summed E-state index contributed by atoms with van der Waals surface area (Å²) in [6, 6.07) is 3.65. The maximum Gasteiger partial charge on any atom is 0.256 e. The van der Waals surface area contributed by atoms with Crippen molar-refractivity contribution >= 4 is 18.3 Å². The third kappa shape index (κ3) is 3.56. The Hall–Kier alpha value is -1.24. The lowest BCUT2D eigenvalue weighted by atomic mass is 10.1. The van der Waals surface area contributed by atoms with Crippen molar-refractivity contribution < 1.29 is 13.6 Å². The highest BCUT2D eigenvalue weighted by atomic mass is 35.5. The molecule has 4 nitrogen and oxygen atoms in total. The van der Waals surface area contributed by atoms with Crippen molar-refractivity contribution in [2.75, 3.05) is 39.3 Å². The molecule has 1 unspecified atom stereocenters. The number of carbonyl (C=O) groups excluding carboxylic acids is 1. The highest BCUT2D eigenvalue weighted by molar-refractivity contribution is 5.94. The molecule has 22 heavy (non-hydrogen) atoms. The number of nitrogens with one attached hydrogen (secondary N) is 1. The third-order valence-corrected chi connectivity index (χ3v) is 4.31. The maximum absolute atomic E-state index is 13.7. The van der Waals surface area contributed by atoms with E-state index in [-0.39, 0.29) is 23.9 Å². The van der Waals surface area contributed by atoms with Crippen LogP contribution in [0.2, 0.25) is 0 Å². The summed E-state index contributed by atoms with van der Waals surface area (Å²) in [4.78, 5) is 16.3. The van der Waals surface area contributed by atoms with Crippen molar-refractivity contribution in [2.24, 2.45) is 0 Å². The van der Waals surface area contributed by atoms with Gasteiger partial charge in [0, 0.05) is 44.8 Å². The average molecular weight is 332 g/mol. The monoisotopic (exact) mass is 331 g/mol. The van der Waals surface area contributed by atoms with Crippen LogP contribution >= 0.6 is 12.4 Å². The van der Waals surface area contributed by atoms with Gasteiger partial charge in [0.1, 0.15) is 11.6 Å². The highest BCUT2D eigenvalue weighted by Crippen LogP contribution is 2.16. The van der Waals surface area contributed by atoms with Gasteiger partial charge in [-0.2, -0.15) is 0 Å². The number of nitrogens with zero attached hydrogens (tertiary/aromatic N) is 2. The molecule has 1 aromatic rings. The van der Waals surface area contributed by atoms with Crippen molar-refractivity contribution in [3.05, 3.63) is 35.4 Å². The minimum Gasteiger partial charge on any atom is -0.336 e. The van der Waals surface area contributed by atoms with Crippen molar-refractivity contribution in [3.63, 3.8) is 0 Å². The second-order valence-electron chi connectivity index (χ2n) is 5.60. The number of piperazine rings is 1. The first kappa shape index (κ1) is 17.1. The lowest BCUT2D eigenvalue weighted by Crippen LogP contribution is -2.52. The Morgan fingerprint density at radius 1 is 1.18 bits per heavy atom. The van der Waals surface area contributed by atoms with Crippen molar-refractivity contribution in [2.45, 2.75) is 12.5 Å². The molecular formula is C15H20ClF2N3O. The van der Waals surface area contributed by atoms with Gasteiger partial charge in [-0.25, -0.2) is 8.78 Å². The molecule has 2 saturated heterocycles. The first-order valence-corrected chi connectivity index (χ1v) is 7.34. The van der Waals surface area contributed by atoms with Crippen LogP contribution in [0.1, 0.15) is 16.8 Å². The van der Waals surface area contributed by atoms with Gasteiger partial charge in [0.2, 0.25) is 0 Å². The molecule has 7 heteroatoms. The van der Waals surface area contributed by atoms with E-state index in [9.17, 15) is 13.6 Å². The summed E-state index contributed by atoms with van der Waals surface area (Å²) in [7, 11) is 0. The zero-order valence-electron chi connectivity index (χ0n) is 12.2. The minimum absolute atomic E-state index is 0. The first-order valence-electron chi connectivity index (χ1n) is 7.34. The molecule has 0 saturated carbocycles. The van der Waals surface area contributed by atoms with E-state index in [0.717, 1.165) is 44.7 Å². The number of hydrogen-bond acceptors (Lipinski definition) is 3. The van der Waals surface area contributed by atoms with Crippen LogP contribution in [0, 0.1) is 11.6 Å². The summed E-state index contributed by atoms with van der Waals surface area (Å²) in [5.41, 5.74) is -0.0487. The van der Waals surface area contributed by atoms with Gasteiger partial charge in [-0.05, 0) is 25.1 Å². The Morgan fingerprint density at radius 2 is 1.91 bits per heavy atom. The van der Waals surface area contributed by atoms with Gasteiger partial charge in [-0.1, -0.05) is 0 Å². The molecule has 0 aliphatic carbocycles. The van der Waals surface area contributed by atoms with Gasteiger partial charge in [-0.3, -0.25) is 9.69 Å². The zero-order chi connectivity index (χ0) is 14.8. The number of hydrogen-bond donors (Lipinski definition) is 1. The molecule has 0 bridgehead atoms. The molecule has 0 radical (unpaired) electrons. The lowest BCUT2D eigenvalue weighted by molar-refractivity contribution is 0.0579. The molecule has 2 aliphatic heterocycles. The lowest BCUT2D eigenvalue weighted by Gasteiger charge is -2.37. The summed E-state index contributed by atoms with van der Waals surface area (Å²) in [5.74, 6) is -1.80. The number of carbonyl (C=O) groups is 1. The molecule has 1 N–H and O–H groups in total. The van der Waals surface area contributed by atoms with E-state index < -0.39 is 11.6 Å². The molecule has 1 aromatic carbocycles. The average Bonchev–Trinajstić information content (AvgIpc) is 3.01. The molecule has 1 atom stereocenters. The Bertz CT molecular complexity index is 530. The zero-order valence-corrected chi connectivity index (χ0v) is 13.0.